The predicted octanol–water partition coefficient (Wildman–Crippen LogP) is 4.01. The zero-order valence-corrected chi connectivity index (χ0v) is 19.0. The van der Waals surface area contributed by atoms with E-state index in [2.05, 4.69) is 0 Å². The van der Waals surface area contributed by atoms with E-state index in [9.17, 15) is 24.8 Å². The van der Waals surface area contributed by atoms with Crippen molar-refractivity contribution in [3.8, 4) is 11.5 Å². The highest BCUT2D eigenvalue weighted by Gasteiger charge is 2.60. The van der Waals surface area contributed by atoms with Crippen LogP contribution < -0.4 is 14.7 Å². The monoisotopic (exact) mass is 495 g/mol. The number of imide groups is 1. The smallest absolute Gasteiger partial charge is 0.269 e. The first-order chi connectivity index (χ1) is 16.8. The van der Waals surface area contributed by atoms with Crippen LogP contribution in [0.15, 0.2) is 66.7 Å². The number of non-ortho nitro benzene ring substituents is 1. The second kappa shape index (κ2) is 8.57. The Hall–Kier alpha value is -4.15. The number of methoxy groups -OCH3 is 1. The third kappa shape index (κ3) is 3.72. The molecule has 0 aliphatic carbocycles. The van der Waals surface area contributed by atoms with Gasteiger partial charge in [0.15, 0.2) is 17.6 Å². The summed E-state index contributed by atoms with van der Waals surface area (Å²) in [6.07, 6.45) is -1.13. The normalized spacial score (nSPS) is 21.4. The van der Waals surface area contributed by atoms with Gasteiger partial charge in [-0.25, -0.2) is 9.96 Å². The van der Waals surface area contributed by atoms with E-state index in [0.717, 1.165) is 4.90 Å². The van der Waals surface area contributed by atoms with Gasteiger partial charge in [0.05, 0.1) is 29.4 Å². The second-order valence-corrected chi connectivity index (χ2v) is 8.45. The van der Waals surface area contributed by atoms with Crippen LogP contribution >= 0.6 is 11.6 Å². The predicted molar refractivity (Wildman–Crippen MR) is 125 cm³/mol. The number of phenolic OH excluding ortho intramolecular Hbond substituents is 1. The van der Waals surface area contributed by atoms with Crippen LogP contribution in [0.3, 0.4) is 0 Å². The second-order valence-electron chi connectivity index (χ2n) is 8.02. The third-order valence-electron chi connectivity index (χ3n) is 6.06. The summed E-state index contributed by atoms with van der Waals surface area (Å²) in [7, 11) is 1.40. The lowest BCUT2D eigenvalue weighted by Crippen LogP contribution is -2.37. The number of hydrogen-bond donors (Lipinski definition) is 1. The van der Waals surface area contributed by atoms with Crippen molar-refractivity contribution in [2.24, 2.45) is 5.92 Å². The van der Waals surface area contributed by atoms with E-state index < -0.39 is 34.8 Å². The molecule has 2 aliphatic heterocycles. The van der Waals surface area contributed by atoms with Crippen molar-refractivity contribution in [1.29, 1.82) is 0 Å². The first-order valence-electron chi connectivity index (χ1n) is 10.5. The number of anilines is 2. The molecule has 0 unspecified atom stereocenters. The molecule has 5 rings (SSSR count). The van der Waals surface area contributed by atoms with Gasteiger partial charge in [0, 0.05) is 17.2 Å². The number of carbonyl (C=O) groups is 2. The van der Waals surface area contributed by atoms with E-state index in [1.165, 1.54) is 42.5 Å². The molecule has 0 aromatic heterocycles. The van der Waals surface area contributed by atoms with Crippen LogP contribution in [-0.4, -0.2) is 35.1 Å². The van der Waals surface area contributed by atoms with Crippen molar-refractivity contribution in [2.75, 3.05) is 17.1 Å². The minimum absolute atomic E-state index is 0.0924. The standard InChI is InChI=1S/C24H18ClN3O7/c1-34-19-12-13(2-11-18(19)29)21-20-22(35-27(21)16-7-9-17(10-8-16)28(32)33)24(31)26(23(20)30)15-5-3-14(25)4-6-15/h2-12,20-22,29H,1H3/t20-,21+,22-/m0/s1. The maximum Gasteiger partial charge on any atom is 0.269 e. The van der Waals surface area contributed by atoms with E-state index in [4.69, 9.17) is 21.2 Å². The first kappa shape index (κ1) is 22.6. The highest BCUT2D eigenvalue weighted by Crippen LogP contribution is 2.48. The van der Waals surface area contributed by atoms with Gasteiger partial charge < -0.3 is 9.84 Å². The molecule has 0 spiro atoms. The number of fused-ring (bicyclic) bond motifs is 1. The fourth-order valence-electron chi connectivity index (χ4n) is 4.42. The Balaban J connectivity index is 1.59. The summed E-state index contributed by atoms with van der Waals surface area (Å²) in [4.78, 5) is 44.6. The number of hydrogen-bond acceptors (Lipinski definition) is 8. The van der Waals surface area contributed by atoms with E-state index in [0.29, 0.717) is 22.0 Å². The van der Waals surface area contributed by atoms with Crippen LogP contribution in [-0.2, 0) is 14.4 Å². The lowest BCUT2D eigenvalue weighted by molar-refractivity contribution is -0.384. The number of nitrogens with zero attached hydrogens (tertiary/aromatic N) is 3. The highest BCUT2D eigenvalue weighted by atomic mass is 35.5. The largest absolute Gasteiger partial charge is 0.504 e. The molecule has 2 aliphatic rings. The fourth-order valence-corrected chi connectivity index (χ4v) is 4.55. The summed E-state index contributed by atoms with van der Waals surface area (Å²) >= 11 is 5.95. The Kier molecular flexibility index (Phi) is 5.54. The summed E-state index contributed by atoms with van der Waals surface area (Å²) in [5, 5.41) is 23.0. The number of hydroxylamine groups is 1. The topological polar surface area (TPSA) is 122 Å². The summed E-state index contributed by atoms with van der Waals surface area (Å²) in [6.45, 7) is 0. The molecule has 35 heavy (non-hydrogen) atoms. The summed E-state index contributed by atoms with van der Waals surface area (Å²) in [5.41, 5.74) is 1.22. The van der Waals surface area contributed by atoms with E-state index in [1.54, 1.807) is 36.4 Å². The van der Waals surface area contributed by atoms with Crippen LogP contribution in [0, 0.1) is 16.0 Å². The zero-order chi connectivity index (χ0) is 24.9. The van der Waals surface area contributed by atoms with Gasteiger partial charge in [-0.2, -0.15) is 0 Å². The minimum Gasteiger partial charge on any atom is -0.504 e. The molecule has 10 nitrogen and oxygen atoms in total. The van der Waals surface area contributed by atoms with Gasteiger partial charge in [-0.3, -0.25) is 24.5 Å². The molecule has 3 aromatic rings. The molecule has 178 valence electrons. The van der Waals surface area contributed by atoms with Crippen molar-refractivity contribution in [1.82, 2.24) is 0 Å². The van der Waals surface area contributed by atoms with Gasteiger partial charge in [0.2, 0.25) is 5.91 Å². The molecule has 2 fully saturated rings. The molecule has 2 heterocycles. The van der Waals surface area contributed by atoms with E-state index >= 15 is 0 Å². The number of nitro benzene ring substituents is 1. The number of ether oxygens (including phenoxy) is 1. The number of aromatic hydroxyl groups is 1. The Morgan fingerprint density at radius 2 is 1.66 bits per heavy atom. The van der Waals surface area contributed by atoms with Crippen molar-refractivity contribution >= 4 is 40.5 Å². The van der Waals surface area contributed by atoms with Gasteiger partial charge in [-0.05, 0) is 54.1 Å². The fraction of sp³-hybridized carbons (Fsp3) is 0.167. The minimum atomic E-state index is -1.13. The molecule has 0 radical (unpaired) electrons. The summed E-state index contributed by atoms with van der Waals surface area (Å²) in [5.74, 6) is -1.85. The average molecular weight is 496 g/mol. The number of phenols is 1. The molecular formula is C24H18ClN3O7. The van der Waals surface area contributed by atoms with Crippen molar-refractivity contribution in [2.45, 2.75) is 12.1 Å². The molecule has 0 bridgehead atoms. The van der Waals surface area contributed by atoms with Crippen molar-refractivity contribution in [3.05, 3.63) is 87.4 Å². The van der Waals surface area contributed by atoms with Crippen LogP contribution in [0.5, 0.6) is 11.5 Å². The number of rotatable bonds is 5. The van der Waals surface area contributed by atoms with Crippen LogP contribution in [0.2, 0.25) is 5.02 Å². The van der Waals surface area contributed by atoms with Crippen molar-refractivity contribution < 1.29 is 29.2 Å². The quantitative estimate of drug-likeness (QED) is 0.320. The van der Waals surface area contributed by atoms with Gasteiger partial charge >= 0.3 is 0 Å². The maximum absolute atomic E-state index is 13.6. The molecule has 0 saturated carbocycles. The average Bonchev–Trinajstić information content (AvgIpc) is 3.36. The van der Waals surface area contributed by atoms with Crippen LogP contribution in [0.1, 0.15) is 11.6 Å². The molecule has 1 N–H and O–H groups in total. The SMILES string of the molecule is COc1cc([C@@H]2[C@@H]3C(=O)N(c4ccc(Cl)cc4)C(=O)[C@H]3ON2c2ccc([N+](=O)[O-])cc2)ccc1O. The van der Waals surface area contributed by atoms with Crippen molar-refractivity contribution in [3.63, 3.8) is 0 Å². The Morgan fingerprint density at radius 3 is 2.29 bits per heavy atom. The van der Waals surface area contributed by atoms with Gasteiger partial charge in [-0.1, -0.05) is 17.7 Å². The summed E-state index contributed by atoms with van der Waals surface area (Å²) < 4.78 is 5.23. The van der Waals surface area contributed by atoms with Crippen LogP contribution in [0.4, 0.5) is 17.1 Å². The summed E-state index contributed by atoms with van der Waals surface area (Å²) in [6, 6.07) is 15.7. The number of carbonyl (C=O) groups excluding carboxylic acids is 2. The first-order valence-corrected chi connectivity index (χ1v) is 10.9. The molecule has 2 amide bonds. The highest BCUT2D eigenvalue weighted by molar-refractivity contribution is 6.31. The van der Waals surface area contributed by atoms with Gasteiger partial charge in [0.1, 0.15) is 5.92 Å². The van der Waals surface area contributed by atoms with E-state index in [1.807, 2.05) is 0 Å². The third-order valence-corrected chi connectivity index (χ3v) is 6.31. The molecule has 2 saturated heterocycles. The number of halogens is 1. The zero-order valence-electron chi connectivity index (χ0n) is 18.2. The number of benzene rings is 3. The maximum atomic E-state index is 13.6. The molecular weight excluding hydrogens is 478 g/mol. The molecule has 11 heteroatoms. The number of amides is 2. The molecule has 3 atom stereocenters. The Morgan fingerprint density at radius 1 is 1.00 bits per heavy atom. The lowest BCUT2D eigenvalue weighted by Gasteiger charge is -2.29. The molecule has 3 aromatic carbocycles. The van der Waals surface area contributed by atoms with Crippen LogP contribution in [0.25, 0.3) is 0 Å². The number of nitro groups is 1. The Bertz CT molecular complexity index is 1330. The van der Waals surface area contributed by atoms with Gasteiger partial charge in [-0.15, -0.1) is 0 Å². The Labute approximate surface area is 203 Å². The van der Waals surface area contributed by atoms with E-state index in [-0.39, 0.29) is 17.2 Å². The lowest BCUT2D eigenvalue weighted by atomic mass is 9.90. The van der Waals surface area contributed by atoms with Gasteiger partial charge in [0.25, 0.3) is 11.6 Å².